The third-order valence-electron chi connectivity index (χ3n) is 3.85. The molecule has 16 heavy (non-hydrogen) atoms. The molecule has 3 heteroatoms. The molecule has 0 aromatic heterocycles. The van der Waals surface area contributed by atoms with Crippen LogP contribution in [-0.2, 0) is 9.53 Å². The van der Waals surface area contributed by atoms with Gasteiger partial charge in [0, 0.05) is 18.5 Å². The summed E-state index contributed by atoms with van der Waals surface area (Å²) < 4.78 is 5.80. The van der Waals surface area contributed by atoms with Gasteiger partial charge >= 0.3 is 0 Å². The van der Waals surface area contributed by atoms with Gasteiger partial charge in [-0.1, -0.05) is 26.7 Å². The van der Waals surface area contributed by atoms with Crippen LogP contribution in [0.3, 0.4) is 0 Å². The van der Waals surface area contributed by atoms with Crippen molar-refractivity contribution < 1.29 is 9.53 Å². The maximum absolute atomic E-state index is 11.8. The molecule has 0 aromatic carbocycles. The van der Waals surface area contributed by atoms with Crippen LogP contribution in [0.25, 0.3) is 0 Å². The highest BCUT2D eigenvalue weighted by atomic mass is 16.5. The normalized spacial score (nSPS) is 31.4. The number of Topliss-reactive ketones (excluding diaryl/α,β-unsaturated/α-hetero) is 1. The first kappa shape index (κ1) is 12.1. The zero-order valence-electron chi connectivity index (χ0n) is 10.4. The minimum absolute atomic E-state index is 0.157. The van der Waals surface area contributed by atoms with E-state index in [1.807, 2.05) is 13.8 Å². The van der Waals surface area contributed by atoms with E-state index in [2.05, 4.69) is 4.90 Å². The molecule has 2 aliphatic rings. The van der Waals surface area contributed by atoms with E-state index < -0.39 is 0 Å². The third kappa shape index (κ3) is 2.64. The predicted molar refractivity (Wildman–Crippen MR) is 63.4 cm³/mol. The molecule has 3 nitrogen and oxygen atoms in total. The van der Waals surface area contributed by atoms with Crippen molar-refractivity contribution >= 4 is 5.78 Å². The molecule has 1 aliphatic carbocycles. The van der Waals surface area contributed by atoms with Crippen molar-refractivity contribution in [2.24, 2.45) is 5.92 Å². The van der Waals surface area contributed by atoms with Crippen LogP contribution in [0.15, 0.2) is 0 Å². The van der Waals surface area contributed by atoms with Gasteiger partial charge in [-0.15, -0.1) is 0 Å². The molecule has 0 bridgehead atoms. The Morgan fingerprint density at radius 2 is 2.12 bits per heavy atom. The number of ether oxygens (including phenoxy) is 1. The number of hydrogen-bond donors (Lipinski definition) is 0. The van der Waals surface area contributed by atoms with Gasteiger partial charge in [0.1, 0.15) is 5.78 Å². The van der Waals surface area contributed by atoms with Crippen LogP contribution in [0.2, 0.25) is 0 Å². The number of nitrogens with zero attached hydrogens (tertiary/aromatic N) is 1. The standard InChI is InChI=1S/C13H23NO2/c1-10(2)12(15)9-14-7-8-16-13-6-4-3-5-11(13)14/h10-11,13H,3-9H2,1-2H3. The zero-order chi connectivity index (χ0) is 11.5. The van der Waals surface area contributed by atoms with Gasteiger partial charge in [-0.3, -0.25) is 9.69 Å². The third-order valence-corrected chi connectivity index (χ3v) is 3.85. The Morgan fingerprint density at radius 3 is 2.88 bits per heavy atom. The van der Waals surface area contributed by atoms with Gasteiger partial charge in [0.25, 0.3) is 0 Å². The van der Waals surface area contributed by atoms with Gasteiger partial charge in [0.15, 0.2) is 0 Å². The number of morpholine rings is 1. The lowest BCUT2D eigenvalue weighted by molar-refractivity contribution is -0.130. The van der Waals surface area contributed by atoms with Gasteiger partial charge in [0.2, 0.25) is 0 Å². The number of fused-ring (bicyclic) bond motifs is 1. The molecule has 2 fully saturated rings. The van der Waals surface area contributed by atoms with E-state index in [4.69, 9.17) is 4.74 Å². The summed E-state index contributed by atoms with van der Waals surface area (Å²) in [5.74, 6) is 0.524. The van der Waals surface area contributed by atoms with E-state index in [1.54, 1.807) is 0 Å². The lowest BCUT2D eigenvalue weighted by atomic mass is 9.89. The van der Waals surface area contributed by atoms with Crippen LogP contribution in [0.4, 0.5) is 0 Å². The minimum Gasteiger partial charge on any atom is -0.375 e. The predicted octanol–water partition coefficient (Wildman–Crippen LogP) is 1.85. The largest absolute Gasteiger partial charge is 0.375 e. The Bertz CT molecular complexity index is 250. The van der Waals surface area contributed by atoms with Gasteiger partial charge in [-0.05, 0) is 12.8 Å². The summed E-state index contributed by atoms with van der Waals surface area (Å²) in [5.41, 5.74) is 0. The molecule has 1 heterocycles. The average molecular weight is 225 g/mol. The molecule has 1 saturated carbocycles. The Labute approximate surface area is 98.1 Å². The second kappa shape index (κ2) is 5.28. The van der Waals surface area contributed by atoms with Crippen molar-refractivity contribution in [3.05, 3.63) is 0 Å². The van der Waals surface area contributed by atoms with E-state index in [9.17, 15) is 4.79 Å². The van der Waals surface area contributed by atoms with E-state index in [0.29, 0.717) is 24.5 Å². The van der Waals surface area contributed by atoms with Crippen molar-refractivity contribution in [1.82, 2.24) is 4.90 Å². The van der Waals surface area contributed by atoms with E-state index in [1.165, 1.54) is 25.7 Å². The highest BCUT2D eigenvalue weighted by Gasteiger charge is 2.34. The molecule has 0 aromatic rings. The highest BCUT2D eigenvalue weighted by molar-refractivity contribution is 5.82. The number of ketones is 1. The summed E-state index contributed by atoms with van der Waals surface area (Å²) in [6, 6.07) is 0.505. The molecule has 0 N–H and O–H groups in total. The van der Waals surface area contributed by atoms with E-state index >= 15 is 0 Å². The van der Waals surface area contributed by atoms with Crippen molar-refractivity contribution in [3.8, 4) is 0 Å². The van der Waals surface area contributed by atoms with Crippen LogP contribution in [0.1, 0.15) is 39.5 Å². The molecule has 92 valence electrons. The fourth-order valence-electron chi connectivity index (χ4n) is 2.76. The molecule has 0 radical (unpaired) electrons. The lowest BCUT2D eigenvalue weighted by Crippen LogP contribution is -2.54. The first-order valence-electron chi connectivity index (χ1n) is 6.57. The monoisotopic (exact) mass is 225 g/mol. The SMILES string of the molecule is CC(C)C(=O)CN1CCOC2CCCCC21. The fraction of sp³-hybridized carbons (Fsp3) is 0.923. The summed E-state index contributed by atoms with van der Waals surface area (Å²) in [6.07, 6.45) is 5.35. The second-order valence-electron chi connectivity index (χ2n) is 5.35. The van der Waals surface area contributed by atoms with Crippen LogP contribution < -0.4 is 0 Å². The number of rotatable bonds is 3. The molecular formula is C13H23NO2. The lowest BCUT2D eigenvalue weighted by Gasteiger charge is -2.43. The van der Waals surface area contributed by atoms with E-state index in [-0.39, 0.29) is 5.92 Å². The second-order valence-corrected chi connectivity index (χ2v) is 5.35. The smallest absolute Gasteiger partial charge is 0.149 e. The van der Waals surface area contributed by atoms with Crippen LogP contribution in [-0.4, -0.2) is 42.5 Å². The maximum atomic E-state index is 11.8. The minimum atomic E-state index is 0.157. The summed E-state index contributed by atoms with van der Waals surface area (Å²) in [4.78, 5) is 14.2. The first-order chi connectivity index (χ1) is 7.68. The van der Waals surface area contributed by atoms with Gasteiger partial charge in [-0.25, -0.2) is 0 Å². The molecule has 1 saturated heterocycles. The molecule has 1 aliphatic heterocycles. The Morgan fingerprint density at radius 1 is 1.38 bits per heavy atom. The van der Waals surface area contributed by atoms with Crippen molar-refractivity contribution in [1.29, 1.82) is 0 Å². The summed E-state index contributed by atoms with van der Waals surface area (Å²) in [7, 11) is 0. The maximum Gasteiger partial charge on any atom is 0.149 e. The molecular weight excluding hydrogens is 202 g/mol. The topological polar surface area (TPSA) is 29.5 Å². The number of carbonyl (C=O) groups is 1. The summed E-state index contributed by atoms with van der Waals surface area (Å²) >= 11 is 0. The van der Waals surface area contributed by atoms with Crippen molar-refractivity contribution in [3.63, 3.8) is 0 Å². The zero-order valence-corrected chi connectivity index (χ0v) is 10.4. The molecule has 2 unspecified atom stereocenters. The van der Waals surface area contributed by atoms with E-state index in [0.717, 1.165) is 13.2 Å². The Kier molecular flexibility index (Phi) is 3.98. The van der Waals surface area contributed by atoms with Crippen LogP contribution in [0, 0.1) is 5.92 Å². The van der Waals surface area contributed by atoms with Gasteiger partial charge in [0.05, 0.1) is 19.3 Å². The van der Waals surface area contributed by atoms with Gasteiger partial charge < -0.3 is 4.74 Å². The highest BCUT2D eigenvalue weighted by Crippen LogP contribution is 2.28. The molecule has 2 atom stereocenters. The quantitative estimate of drug-likeness (QED) is 0.734. The Balaban J connectivity index is 1.94. The number of carbonyl (C=O) groups excluding carboxylic acids is 1. The average Bonchev–Trinajstić information content (AvgIpc) is 2.29. The summed E-state index contributed by atoms with van der Waals surface area (Å²) in [5, 5.41) is 0. The van der Waals surface area contributed by atoms with Crippen molar-refractivity contribution in [2.45, 2.75) is 51.7 Å². The Hall–Kier alpha value is -0.410. The van der Waals surface area contributed by atoms with Crippen LogP contribution >= 0.6 is 0 Å². The van der Waals surface area contributed by atoms with Crippen molar-refractivity contribution in [2.75, 3.05) is 19.7 Å². The van der Waals surface area contributed by atoms with Gasteiger partial charge in [-0.2, -0.15) is 0 Å². The first-order valence-corrected chi connectivity index (χ1v) is 6.57. The molecule has 2 rings (SSSR count). The molecule has 0 spiro atoms. The fourth-order valence-corrected chi connectivity index (χ4v) is 2.76. The summed E-state index contributed by atoms with van der Waals surface area (Å²) in [6.45, 7) is 6.33. The number of hydrogen-bond acceptors (Lipinski definition) is 3. The molecule has 0 amide bonds. The van der Waals surface area contributed by atoms with Crippen LogP contribution in [0.5, 0.6) is 0 Å².